The van der Waals surface area contributed by atoms with Crippen LogP contribution in [0.4, 0.5) is 35.1 Å². The molecule has 0 amide bonds. The summed E-state index contributed by atoms with van der Waals surface area (Å²) in [4.78, 5) is 28.5. The van der Waals surface area contributed by atoms with Gasteiger partial charge in [0.2, 0.25) is 0 Å². The minimum absolute atomic E-state index is 0.0355. The number of nitrogens with zero attached hydrogens (tertiary/aromatic N) is 2. The van der Waals surface area contributed by atoms with Crippen molar-refractivity contribution in [3.63, 3.8) is 0 Å². The maximum Gasteiger partial charge on any atom is 0.432 e. The summed E-state index contributed by atoms with van der Waals surface area (Å²) in [7, 11) is 0. The molecule has 0 spiro atoms. The van der Waals surface area contributed by atoms with Gasteiger partial charge in [-0.3, -0.25) is 0 Å². The van der Waals surface area contributed by atoms with Crippen molar-refractivity contribution in [1.82, 2.24) is 9.80 Å². The minimum atomic E-state index is -5.58. The van der Waals surface area contributed by atoms with E-state index in [9.17, 15) is 44.7 Å². The highest BCUT2D eigenvalue weighted by Crippen LogP contribution is 2.42. The Morgan fingerprint density at radius 1 is 0.571 bits per heavy atom. The Morgan fingerprint density at radius 2 is 0.821 bits per heavy atom. The molecule has 162 valence electrons. The van der Waals surface area contributed by atoms with Crippen molar-refractivity contribution < 1.29 is 54.5 Å². The molecular formula is C14H16F8N2O4. The van der Waals surface area contributed by atoms with Crippen LogP contribution in [0.1, 0.15) is 25.7 Å². The molecule has 0 aromatic heterocycles. The fourth-order valence-electron chi connectivity index (χ4n) is 2.82. The molecule has 2 saturated heterocycles. The van der Waals surface area contributed by atoms with Gasteiger partial charge < -0.3 is 0 Å². The minimum Gasteiger partial charge on any atom is -0.240 e. The molecule has 0 aromatic rings. The van der Waals surface area contributed by atoms with E-state index >= 15 is 0 Å². The van der Waals surface area contributed by atoms with E-state index < -0.39 is 62.1 Å². The molecule has 14 heteroatoms. The number of hydrogen-bond donors (Lipinski definition) is 0. The quantitative estimate of drug-likeness (QED) is 0.281. The van der Waals surface area contributed by atoms with E-state index in [2.05, 4.69) is 9.78 Å². The van der Waals surface area contributed by atoms with Crippen LogP contribution in [0, 0.1) is 0 Å². The van der Waals surface area contributed by atoms with Crippen molar-refractivity contribution >= 4 is 11.9 Å². The van der Waals surface area contributed by atoms with Crippen LogP contribution in [0.15, 0.2) is 0 Å². The van der Waals surface area contributed by atoms with Gasteiger partial charge in [-0.2, -0.15) is 35.1 Å². The van der Waals surface area contributed by atoms with Crippen LogP contribution in [0.2, 0.25) is 0 Å². The summed E-state index contributed by atoms with van der Waals surface area (Å²) < 4.78 is 110. The molecule has 0 aliphatic carbocycles. The van der Waals surface area contributed by atoms with Gasteiger partial charge in [0.15, 0.2) is 0 Å². The summed E-state index contributed by atoms with van der Waals surface area (Å²) in [6.45, 7) is -1.91. The summed E-state index contributed by atoms with van der Waals surface area (Å²) in [6.07, 6.45) is 0.585. The van der Waals surface area contributed by atoms with Gasteiger partial charge in [-0.15, -0.1) is 0 Å². The first-order valence-electron chi connectivity index (χ1n) is 8.21. The van der Waals surface area contributed by atoms with Crippen molar-refractivity contribution in [3.05, 3.63) is 0 Å². The Balaban J connectivity index is 2.03. The summed E-state index contributed by atoms with van der Waals surface area (Å²) in [6, 6.07) is -10.1. The van der Waals surface area contributed by atoms with E-state index in [1.165, 1.54) is 0 Å². The van der Waals surface area contributed by atoms with Crippen molar-refractivity contribution in [2.75, 3.05) is 26.2 Å². The molecule has 0 N–H and O–H groups in total. The largest absolute Gasteiger partial charge is 0.432 e. The fraction of sp³-hybridized carbons (Fsp3) is 0.857. The first-order chi connectivity index (χ1) is 12.8. The van der Waals surface area contributed by atoms with Crippen LogP contribution in [-0.2, 0) is 19.4 Å². The number of carbonyl (C=O) groups is 2. The molecule has 2 fully saturated rings. The second kappa shape index (κ2) is 7.61. The Kier molecular flexibility index (Phi) is 6.14. The van der Waals surface area contributed by atoms with Gasteiger partial charge in [-0.05, 0) is 25.7 Å². The standard InChI is InChI=1S/C14H16F8N2O4/c15-11(16,13(19,20)23-5-1-2-6-23)9(25)27-28-10(26)12(17,18)14(21,22)24-7-3-4-8-24/h1-8H2. The lowest BCUT2D eigenvalue weighted by Crippen LogP contribution is -2.59. The van der Waals surface area contributed by atoms with Gasteiger partial charge in [-0.1, -0.05) is 0 Å². The topological polar surface area (TPSA) is 59.1 Å². The Morgan fingerprint density at radius 3 is 1.07 bits per heavy atom. The highest BCUT2D eigenvalue weighted by molar-refractivity contribution is 5.82. The van der Waals surface area contributed by atoms with Crippen LogP contribution >= 0.6 is 0 Å². The van der Waals surface area contributed by atoms with Gasteiger partial charge in [-0.25, -0.2) is 29.2 Å². The summed E-state index contributed by atoms with van der Waals surface area (Å²) in [5.74, 6) is -17.5. The second-order valence-electron chi connectivity index (χ2n) is 6.36. The Bertz CT molecular complexity index is 552. The lowest BCUT2D eigenvalue weighted by molar-refractivity contribution is -0.334. The highest BCUT2D eigenvalue weighted by atomic mass is 19.3. The van der Waals surface area contributed by atoms with E-state index in [0.717, 1.165) is 0 Å². The average Bonchev–Trinajstić information content (AvgIpc) is 3.32. The molecular weight excluding hydrogens is 412 g/mol. The third-order valence-electron chi connectivity index (χ3n) is 4.47. The van der Waals surface area contributed by atoms with Crippen LogP contribution in [0.3, 0.4) is 0 Å². The normalized spacial score (nSPS) is 20.4. The number of halogens is 8. The van der Waals surface area contributed by atoms with Gasteiger partial charge in [0.05, 0.1) is 0 Å². The molecule has 0 unspecified atom stereocenters. The molecule has 2 rings (SSSR count). The van der Waals surface area contributed by atoms with Gasteiger partial charge in [0.25, 0.3) is 0 Å². The van der Waals surface area contributed by atoms with Crippen molar-refractivity contribution in [2.24, 2.45) is 0 Å². The van der Waals surface area contributed by atoms with Crippen LogP contribution < -0.4 is 0 Å². The Labute approximate surface area is 153 Å². The molecule has 2 heterocycles. The zero-order valence-corrected chi connectivity index (χ0v) is 14.2. The molecule has 2 aliphatic heterocycles. The highest BCUT2D eigenvalue weighted by Gasteiger charge is 2.70. The maximum absolute atomic E-state index is 13.8. The van der Waals surface area contributed by atoms with Gasteiger partial charge >= 0.3 is 35.9 Å². The maximum atomic E-state index is 13.8. The van der Waals surface area contributed by atoms with E-state index in [-0.39, 0.29) is 35.5 Å². The van der Waals surface area contributed by atoms with Gasteiger partial charge in [0.1, 0.15) is 0 Å². The molecule has 0 atom stereocenters. The third kappa shape index (κ3) is 3.75. The molecule has 0 aromatic carbocycles. The molecule has 6 nitrogen and oxygen atoms in total. The number of rotatable bonds is 6. The zero-order chi connectivity index (χ0) is 21.4. The summed E-state index contributed by atoms with van der Waals surface area (Å²) >= 11 is 0. The van der Waals surface area contributed by atoms with Crippen molar-refractivity contribution in [1.29, 1.82) is 0 Å². The Hall–Kier alpha value is -1.70. The number of hydrogen-bond acceptors (Lipinski definition) is 6. The number of likely N-dealkylation sites (tertiary alicyclic amines) is 2. The van der Waals surface area contributed by atoms with E-state index in [1.807, 2.05) is 0 Å². The molecule has 0 radical (unpaired) electrons. The van der Waals surface area contributed by atoms with Crippen LogP contribution in [-0.4, -0.2) is 71.9 Å². The lowest BCUT2D eigenvalue weighted by Gasteiger charge is -2.32. The summed E-state index contributed by atoms with van der Waals surface area (Å²) in [5.41, 5.74) is 0. The first-order valence-corrected chi connectivity index (χ1v) is 8.21. The lowest BCUT2D eigenvalue weighted by atomic mass is 10.2. The summed E-state index contributed by atoms with van der Waals surface area (Å²) in [5, 5.41) is 0. The van der Waals surface area contributed by atoms with Crippen LogP contribution in [0.5, 0.6) is 0 Å². The SMILES string of the molecule is O=C(OOC(=O)C(F)(F)C(F)(F)N1CCCC1)C(F)(F)C(F)(F)N1CCCC1. The predicted molar refractivity (Wildman–Crippen MR) is 73.6 cm³/mol. The zero-order valence-electron chi connectivity index (χ0n) is 14.2. The molecule has 0 saturated carbocycles. The number of alkyl halides is 8. The molecule has 0 bridgehead atoms. The fourth-order valence-corrected chi connectivity index (χ4v) is 2.82. The molecule has 28 heavy (non-hydrogen) atoms. The first kappa shape index (κ1) is 22.6. The van der Waals surface area contributed by atoms with E-state index in [1.54, 1.807) is 0 Å². The van der Waals surface area contributed by atoms with Crippen molar-refractivity contribution in [3.8, 4) is 0 Å². The smallest absolute Gasteiger partial charge is 0.240 e. The third-order valence-corrected chi connectivity index (χ3v) is 4.47. The van der Waals surface area contributed by atoms with E-state index in [4.69, 9.17) is 0 Å². The monoisotopic (exact) mass is 428 g/mol. The van der Waals surface area contributed by atoms with Crippen LogP contribution in [0.25, 0.3) is 0 Å². The van der Waals surface area contributed by atoms with E-state index in [0.29, 0.717) is 0 Å². The number of carbonyl (C=O) groups excluding carboxylic acids is 2. The predicted octanol–water partition coefficient (Wildman–Crippen LogP) is 2.64. The second-order valence-corrected chi connectivity index (χ2v) is 6.36. The van der Waals surface area contributed by atoms with Gasteiger partial charge in [0, 0.05) is 26.2 Å². The molecule has 2 aliphatic rings. The van der Waals surface area contributed by atoms with Crippen molar-refractivity contribution in [2.45, 2.75) is 49.6 Å². The average molecular weight is 428 g/mol.